The SMILES string of the molecule is C=C(CC)CC(=O)c1cccc2nccnc12. The highest BCUT2D eigenvalue weighted by Crippen LogP contribution is 2.17. The van der Waals surface area contributed by atoms with Crippen molar-refractivity contribution in [2.24, 2.45) is 0 Å². The van der Waals surface area contributed by atoms with Gasteiger partial charge in [0.25, 0.3) is 0 Å². The van der Waals surface area contributed by atoms with E-state index in [0.29, 0.717) is 17.5 Å². The monoisotopic (exact) mass is 226 g/mol. The second kappa shape index (κ2) is 4.87. The Bertz CT molecular complexity index is 570. The van der Waals surface area contributed by atoms with Crippen molar-refractivity contribution in [3.8, 4) is 0 Å². The first kappa shape index (κ1) is 11.5. The van der Waals surface area contributed by atoms with Crippen LogP contribution in [0.15, 0.2) is 42.7 Å². The van der Waals surface area contributed by atoms with Gasteiger partial charge >= 0.3 is 0 Å². The molecule has 3 heteroatoms. The predicted molar refractivity (Wildman–Crippen MR) is 67.9 cm³/mol. The van der Waals surface area contributed by atoms with Crippen LogP contribution in [0.3, 0.4) is 0 Å². The van der Waals surface area contributed by atoms with Crippen molar-refractivity contribution < 1.29 is 4.79 Å². The zero-order valence-corrected chi connectivity index (χ0v) is 9.81. The highest BCUT2D eigenvalue weighted by atomic mass is 16.1. The molecule has 2 rings (SSSR count). The second-order valence-corrected chi connectivity index (χ2v) is 3.93. The molecule has 0 unspecified atom stereocenters. The highest BCUT2D eigenvalue weighted by Gasteiger charge is 2.11. The largest absolute Gasteiger partial charge is 0.294 e. The van der Waals surface area contributed by atoms with Crippen LogP contribution >= 0.6 is 0 Å². The average Bonchev–Trinajstić information content (AvgIpc) is 2.37. The van der Waals surface area contributed by atoms with E-state index in [0.717, 1.165) is 17.5 Å². The fourth-order valence-electron chi connectivity index (χ4n) is 1.66. The molecule has 0 atom stereocenters. The first-order valence-corrected chi connectivity index (χ1v) is 5.62. The maximum absolute atomic E-state index is 12.1. The van der Waals surface area contributed by atoms with E-state index < -0.39 is 0 Å². The van der Waals surface area contributed by atoms with E-state index in [1.807, 2.05) is 19.1 Å². The second-order valence-electron chi connectivity index (χ2n) is 3.93. The van der Waals surface area contributed by atoms with E-state index in [-0.39, 0.29) is 5.78 Å². The molecule has 0 N–H and O–H groups in total. The van der Waals surface area contributed by atoms with Gasteiger partial charge in [0.15, 0.2) is 5.78 Å². The third-order valence-electron chi connectivity index (χ3n) is 2.71. The number of para-hydroxylation sites is 1. The third-order valence-corrected chi connectivity index (χ3v) is 2.71. The van der Waals surface area contributed by atoms with E-state index in [2.05, 4.69) is 16.5 Å². The third kappa shape index (κ3) is 2.38. The average molecular weight is 226 g/mol. The van der Waals surface area contributed by atoms with Crippen molar-refractivity contribution in [2.45, 2.75) is 19.8 Å². The predicted octanol–water partition coefficient (Wildman–Crippen LogP) is 3.17. The highest BCUT2D eigenvalue weighted by molar-refractivity contribution is 6.06. The van der Waals surface area contributed by atoms with E-state index in [4.69, 9.17) is 0 Å². The summed E-state index contributed by atoms with van der Waals surface area (Å²) in [6.45, 7) is 5.86. The summed E-state index contributed by atoms with van der Waals surface area (Å²) < 4.78 is 0. The van der Waals surface area contributed by atoms with Crippen molar-refractivity contribution in [1.82, 2.24) is 9.97 Å². The van der Waals surface area contributed by atoms with Crippen LogP contribution in [0.4, 0.5) is 0 Å². The van der Waals surface area contributed by atoms with Crippen LogP contribution in [-0.4, -0.2) is 15.8 Å². The summed E-state index contributed by atoms with van der Waals surface area (Å²) in [5.74, 6) is 0.0583. The summed E-state index contributed by atoms with van der Waals surface area (Å²) in [5, 5.41) is 0. The van der Waals surface area contributed by atoms with E-state index >= 15 is 0 Å². The molecule has 0 saturated carbocycles. The molecular weight excluding hydrogens is 212 g/mol. The van der Waals surface area contributed by atoms with Crippen LogP contribution in [0.2, 0.25) is 0 Å². The molecule has 1 aromatic heterocycles. The minimum atomic E-state index is 0.0583. The lowest BCUT2D eigenvalue weighted by Gasteiger charge is -2.05. The molecule has 3 nitrogen and oxygen atoms in total. The van der Waals surface area contributed by atoms with Gasteiger partial charge in [-0.25, -0.2) is 0 Å². The number of benzene rings is 1. The molecule has 0 aliphatic rings. The quantitative estimate of drug-likeness (QED) is 0.594. The Hall–Kier alpha value is -2.03. The number of allylic oxidation sites excluding steroid dienone is 1. The lowest BCUT2D eigenvalue weighted by atomic mass is 10.0. The molecule has 1 aromatic carbocycles. The Morgan fingerprint density at radius 2 is 2.06 bits per heavy atom. The number of aromatic nitrogens is 2. The van der Waals surface area contributed by atoms with Crippen molar-refractivity contribution >= 4 is 16.8 Å². The van der Waals surface area contributed by atoms with Gasteiger partial charge in [0.2, 0.25) is 0 Å². The molecule has 0 aliphatic heterocycles. The Kier molecular flexibility index (Phi) is 3.28. The van der Waals surface area contributed by atoms with Gasteiger partial charge in [-0.3, -0.25) is 14.8 Å². The molecule has 0 bridgehead atoms. The topological polar surface area (TPSA) is 42.9 Å². The molecule has 0 fully saturated rings. The summed E-state index contributed by atoms with van der Waals surface area (Å²) in [7, 11) is 0. The van der Waals surface area contributed by atoms with E-state index in [1.54, 1.807) is 18.5 Å². The zero-order chi connectivity index (χ0) is 12.3. The van der Waals surface area contributed by atoms with Gasteiger partial charge in [-0.15, -0.1) is 0 Å². The van der Waals surface area contributed by atoms with Gasteiger partial charge in [-0.1, -0.05) is 25.1 Å². The number of hydrogen-bond donors (Lipinski definition) is 0. The van der Waals surface area contributed by atoms with Gasteiger partial charge < -0.3 is 0 Å². The standard InChI is InChI=1S/C14H14N2O/c1-3-10(2)9-13(17)11-5-4-6-12-14(11)16-8-7-15-12/h4-8H,2-3,9H2,1H3. The van der Waals surface area contributed by atoms with Crippen molar-refractivity contribution in [3.63, 3.8) is 0 Å². The Morgan fingerprint density at radius 1 is 1.29 bits per heavy atom. The summed E-state index contributed by atoms with van der Waals surface area (Å²) in [4.78, 5) is 20.5. The molecular formula is C14H14N2O. The first-order valence-electron chi connectivity index (χ1n) is 5.62. The normalized spacial score (nSPS) is 10.4. The maximum Gasteiger partial charge on any atom is 0.169 e. The van der Waals surface area contributed by atoms with Gasteiger partial charge in [-0.05, 0) is 18.6 Å². The molecule has 0 amide bonds. The number of ketones is 1. The Labute approximate surface area is 100 Å². The molecule has 0 radical (unpaired) electrons. The fourth-order valence-corrected chi connectivity index (χ4v) is 1.66. The van der Waals surface area contributed by atoms with Crippen molar-refractivity contribution in [2.75, 3.05) is 0 Å². The molecule has 17 heavy (non-hydrogen) atoms. The molecule has 0 saturated heterocycles. The van der Waals surface area contributed by atoms with Crippen LogP contribution in [0, 0.1) is 0 Å². The Balaban J connectivity index is 2.41. The van der Waals surface area contributed by atoms with Gasteiger partial charge in [0, 0.05) is 24.4 Å². The van der Waals surface area contributed by atoms with Gasteiger partial charge in [0.1, 0.15) is 0 Å². The van der Waals surface area contributed by atoms with Crippen LogP contribution in [-0.2, 0) is 0 Å². The minimum absolute atomic E-state index is 0.0583. The molecule has 1 heterocycles. The molecule has 86 valence electrons. The number of carbonyl (C=O) groups excluding carboxylic acids is 1. The number of fused-ring (bicyclic) bond motifs is 1. The van der Waals surface area contributed by atoms with Crippen molar-refractivity contribution in [1.29, 1.82) is 0 Å². The van der Waals surface area contributed by atoms with Crippen LogP contribution in [0.5, 0.6) is 0 Å². The van der Waals surface area contributed by atoms with E-state index in [9.17, 15) is 4.79 Å². The van der Waals surface area contributed by atoms with E-state index in [1.165, 1.54) is 0 Å². The van der Waals surface area contributed by atoms with Crippen LogP contribution in [0.1, 0.15) is 30.1 Å². The molecule has 2 aromatic rings. The zero-order valence-electron chi connectivity index (χ0n) is 9.81. The van der Waals surface area contributed by atoms with Gasteiger partial charge in [0.05, 0.1) is 11.0 Å². The number of Topliss-reactive ketones (excluding diaryl/α,β-unsaturated/α-hetero) is 1. The summed E-state index contributed by atoms with van der Waals surface area (Å²) in [6.07, 6.45) is 4.43. The number of carbonyl (C=O) groups is 1. The smallest absolute Gasteiger partial charge is 0.169 e. The minimum Gasteiger partial charge on any atom is -0.294 e. The Morgan fingerprint density at radius 3 is 2.82 bits per heavy atom. The molecule has 0 aliphatic carbocycles. The lowest BCUT2D eigenvalue weighted by molar-refractivity contribution is 0.0993. The molecule has 0 spiro atoms. The number of rotatable bonds is 4. The first-order chi connectivity index (χ1) is 8.22. The summed E-state index contributed by atoms with van der Waals surface area (Å²) >= 11 is 0. The van der Waals surface area contributed by atoms with Crippen LogP contribution in [0.25, 0.3) is 11.0 Å². The van der Waals surface area contributed by atoms with Crippen LogP contribution < -0.4 is 0 Å². The summed E-state index contributed by atoms with van der Waals surface area (Å²) in [5.41, 5.74) is 2.99. The summed E-state index contributed by atoms with van der Waals surface area (Å²) in [6, 6.07) is 5.48. The maximum atomic E-state index is 12.1. The lowest BCUT2D eigenvalue weighted by Crippen LogP contribution is -2.02. The van der Waals surface area contributed by atoms with Crippen molar-refractivity contribution in [3.05, 3.63) is 48.3 Å². The van der Waals surface area contributed by atoms with Gasteiger partial charge in [-0.2, -0.15) is 0 Å². The number of hydrogen-bond acceptors (Lipinski definition) is 3. The number of nitrogens with zero attached hydrogens (tertiary/aromatic N) is 2. The fraction of sp³-hybridized carbons (Fsp3) is 0.214.